The van der Waals surface area contributed by atoms with Gasteiger partial charge in [0, 0.05) is 0 Å². The number of hydrogen-bond acceptors (Lipinski definition) is 0. The fraction of sp³-hybridized carbons (Fsp3) is 0.333. The highest BCUT2D eigenvalue weighted by atomic mass is 14.2. The normalized spacial score (nSPS) is 39.0. The van der Waals surface area contributed by atoms with E-state index in [2.05, 4.69) is 38.8 Å². The fourth-order valence-corrected chi connectivity index (χ4v) is 0.979. The lowest BCUT2D eigenvalue weighted by Gasteiger charge is -2.06. The number of allylic oxidation sites excluding steroid dienone is 3. The van der Waals surface area contributed by atoms with Crippen LogP contribution in [0.5, 0.6) is 0 Å². The molecule has 1 unspecified atom stereocenters. The number of rotatable bonds is 0. The molecule has 36 valence electrons. The van der Waals surface area contributed by atoms with E-state index in [-0.39, 0.29) is 0 Å². The summed E-state index contributed by atoms with van der Waals surface area (Å²) in [5.74, 6) is 2.11. The molecule has 2 aliphatic heterocycles. The first-order valence-corrected chi connectivity index (χ1v) is 2.96. The topological polar surface area (TPSA) is 0 Å². The molecule has 2 radical (unpaired) electrons. The van der Waals surface area contributed by atoms with Crippen molar-refractivity contribution in [3.8, 4) is 0 Å². The van der Waals surface area contributed by atoms with Crippen molar-refractivity contribution in [3.63, 3.8) is 0 Å². The summed E-state index contributed by atoms with van der Waals surface area (Å²) in [7, 11) is 4.56. The van der Waals surface area contributed by atoms with Crippen LogP contribution in [0.2, 0.25) is 11.5 Å². The van der Waals surface area contributed by atoms with Crippen LogP contribution in [-0.4, -0.2) is 14.6 Å². The minimum absolute atomic E-state index is 0.411. The SMILES string of the molecule is [B]1C=CC=CC12[B]C2. The van der Waals surface area contributed by atoms with E-state index in [4.69, 9.17) is 0 Å². The predicted molar refractivity (Wildman–Crippen MR) is 37.3 cm³/mol. The van der Waals surface area contributed by atoms with E-state index in [1.807, 2.05) is 0 Å². The quantitative estimate of drug-likeness (QED) is 0.398. The summed E-state index contributed by atoms with van der Waals surface area (Å²) < 4.78 is 0. The van der Waals surface area contributed by atoms with E-state index in [9.17, 15) is 0 Å². The summed E-state index contributed by atoms with van der Waals surface area (Å²) in [6.07, 6.45) is 7.67. The third-order valence-corrected chi connectivity index (χ3v) is 1.71. The predicted octanol–water partition coefficient (Wildman–Crippen LogP) is 1.03. The molecule has 0 aromatic rings. The molecule has 1 fully saturated rings. The molecule has 0 aromatic carbocycles. The van der Waals surface area contributed by atoms with Gasteiger partial charge in [-0.05, 0) is 0 Å². The van der Waals surface area contributed by atoms with Gasteiger partial charge in [-0.3, -0.25) is 0 Å². The smallest absolute Gasteiger partial charge is 0.123 e. The molecule has 0 amide bonds. The maximum Gasteiger partial charge on any atom is 0.142 e. The summed E-state index contributed by atoms with van der Waals surface area (Å²) in [6, 6.07) is 0. The Hall–Kier alpha value is -0.390. The third kappa shape index (κ3) is 0.559. The summed E-state index contributed by atoms with van der Waals surface area (Å²) in [5.41, 5.74) is 0. The summed E-state index contributed by atoms with van der Waals surface area (Å²) in [4.78, 5) is 0. The molecule has 2 rings (SSSR count). The monoisotopic (exact) mass is 100 g/mol. The second-order valence-corrected chi connectivity index (χ2v) is 2.43. The van der Waals surface area contributed by atoms with Crippen LogP contribution in [0.3, 0.4) is 0 Å². The van der Waals surface area contributed by atoms with Gasteiger partial charge in [-0.2, -0.15) is 0 Å². The molecule has 0 aromatic heterocycles. The molecule has 0 nitrogen and oxygen atoms in total. The standard InChI is InChI=1S/C6H6B2/c1-2-4-7-6(3-1)5-8-6/h1-4H,5H2. The van der Waals surface area contributed by atoms with E-state index >= 15 is 0 Å². The van der Waals surface area contributed by atoms with Gasteiger partial charge in [0.1, 0.15) is 14.6 Å². The lowest BCUT2D eigenvalue weighted by molar-refractivity contribution is 1.23. The Kier molecular flexibility index (Phi) is 0.733. The zero-order chi connectivity index (χ0) is 5.45. The van der Waals surface area contributed by atoms with Crippen molar-refractivity contribution in [2.24, 2.45) is 0 Å². The van der Waals surface area contributed by atoms with Gasteiger partial charge in [0.05, 0.1) is 0 Å². The summed E-state index contributed by atoms with van der Waals surface area (Å²) in [6.45, 7) is 0. The maximum atomic E-state index is 2.31. The van der Waals surface area contributed by atoms with Crippen LogP contribution >= 0.6 is 0 Å². The Morgan fingerprint density at radius 2 is 2.25 bits per heavy atom. The molecule has 0 saturated carbocycles. The molecule has 2 heteroatoms. The van der Waals surface area contributed by atoms with Crippen molar-refractivity contribution >= 4 is 14.6 Å². The van der Waals surface area contributed by atoms with Gasteiger partial charge in [-0.1, -0.05) is 29.8 Å². The first-order chi connectivity index (χ1) is 3.91. The third-order valence-electron chi connectivity index (χ3n) is 1.71. The van der Waals surface area contributed by atoms with Gasteiger partial charge in [-0.15, -0.1) is 5.98 Å². The summed E-state index contributed by atoms with van der Waals surface area (Å²) in [5, 5.41) is 0.411. The Morgan fingerprint density at radius 3 is 2.62 bits per heavy atom. The van der Waals surface area contributed by atoms with Crippen LogP contribution in [0.4, 0.5) is 0 Å². The lowest BCUT2D eigenvalue weighted by atomic mass is 9.53. The molecule has 0 bridgehead atoms. The van der Waals surface area contributed by atoms with Gasteiger partial charge in [0.25, 0.3) is 0 Å². The average Bonchev–Trinajstić information content (AvgIpc) is 2.52. The first-order valence-electron chi connectivity index (χ1n) is 2.96. The highest BCUT2D eigenvalue weighted by Crippen LogP contribution is 2.47. The van der Waals surface area contributed by atoms with Gasteiger partial charge >= 0.3 is 0 Å². The minimum Gasteiger partial charge on any atom is -0.123 e. The van der Waals surface area contributed by atoms with Crippen molar-refractivity contribution in [2.75, 3.05) is 0 Å². The molecule has 1 spiro atoms. The van der Waals surface area contributed by atoms with Gasteiger partial charge in [0.15, 0.2) is 0 Å². The second kappa shape index (κ2) is 1.31. The van der Waals surface area contributed by atoms with Crippen molar-refractivity contribution in [1.29, 1.82) is 0 Å². The molecule has 1 atom stereocenters. The highest BCUT2D eigenvalue weighted by Gasteiger charge is 2.40. The second-order valence-electron chi connectivity index (χ2n) is 2.43. The van der Waals surface area contributed by atoms with Crippen LogP contribution in [-0.2, 0) is 0 Å². The van der Waals surface area contributed by atoms with Crippen LogP contribution in [0.1, 0.15) is 0 Å². The van der Waals surface area contributed by atoms with Crippen LogP contribution < -0.4 is 0 Å². The van der Waals surface area contributed by atoms with Crippen molar-refractivity contribution in [1.82, 2.24) is 0 Å². The zero-order valence-corrected chi connectivity index (χ0v) is 4.67. The first kappa shape index (κ1) is 4.49. The largest absolute Gasteiger partial charge is 0.142 e. The molecule has 1 saturated heterocycles. The fourth-order valence-electron chi connectivity index (χ4n) is 0.979. The number of hydrogen-bond donors (Lipinski definition) is 0. The zero-order valence-electron chi connectivity index (χ0n) is 4.67. The Balaban J connectivity index is 2.20. The highest BCUT2D eigenvalue weighted by molar-refractivity contribution is 6.77. The van der Waals surface area contributed by atoms with Crippen LogP contribution in [0.25, 0.3) is 0 Å². The van der Waals surface area contributed by atoms with Crippen molar-refractivity contribution < 1.29 is 0 Å². The van der Waals surface area contributed by atoms with E-state index in [0.29, 0.717) is 5.21 Å². The van der Waals surface area contributed by atoms with Crippen molar-refractivity contribution in [2.45, 2.75) is 11.5 Å². The molecular formula is C6H6B2. The van der Waals surface area contributed by atoms with E-state index in [0.717, 1.165) is 0 Å². The van der Waals surface area contributed by atoms with Gasteiger partial charge in [-0.25, -0.2) is 0 Å². The Labute approximate surface area is 51.1 Å². The maximum absolute atomic E-state index is 2.31. The minimum atomic E-state index is 0.411. The Bertz CT molecular complexity index is 154. The summed E-state index contributed by atoms with van der Waals surface area (Å²) >= 11 is 0. The van der Waals surface area contributed by atoms with Gasteiger partial charge < -0.3 is 0 Å². The van der Waals surface area contributed by atoms with Crippen molar-refractivity contribution in [3.05, 3.63) is 24.2 Å². The molecule has 2 aliphatic rings. The molecule has 0 aliphatic carbocycles. The molecular weight excluding hydrogens is 93.7 g/mol. The van der Waals surface area contributed by atoms with Crippen LogP contribution in [0.15, 0.2) is 24.2 Å². The van der Waals surface area contributed by atoms with E-state index in [1.165, 1.54) is 6.32 Å². The molecule has 8 heavy (non-hydrogen) atoms. The molecule has 0 N–H and O–H groups in total. The molecule has 2 heterocycles. The van der Waals surface area contributed by atoms with E-state index in [1.54, 1.807) is 0 Å². The van der Waals surface area contributed by atoms with E-state index < -0.39 is 0 Å². The van der Waals surface area contributed by atoms with Crippen LogP contribution in [0, 0.1) is 0 Å². The lowest BCUT2D eigenvalue weighted by Crippen LogP contribution is -2.01. The Morgan fingerprint density at radius 1 is 1.38 bits per heavy atom. The average molecular weight is 99.7 g/mol. The van der Waals surface area contributed by atoms with Gasteiger partial charge in [0.2, 0.25) is 0 Å².